The Morgan fingerprint density at radius 1 is 1.00 bits per heavy atom. The molecular formula is C37H53N3O7. The number of methoxy groups -OCH3 is 1. The molecule has 1 saturated carbocycles. The summed E-state index contributed by atoms with van der Waals surface area (Å²) >= 11 is 0. The zero-order valence-corrected chi connectivity index (χ0v) is 29.5. The van der Waals surface area contributed by atoms with Crippen molar-refractivity contribution in [3.8, 4) is 11.6 Å². The summed E-state index contributed by atoms with van der Waals surface area (Å²) in [5, 5.41) is 0. The fraction of sp³-hybridized carbons (Fsp3) is 0.703. The highest BCUT2D eigenvalue weighted by Crippen LogP contribution is 2.42. The molecule has 0 N–H and O–H groups in total. The van der Waals surface area contributed by atoms with Gasteiger partial charge < -0.3 is 23.8 Å². The largest absolute Gasteiger partial charge is 0.497 e. The lowest BCUT2D eigenvalue weighted by Crippen LogP contribution is -2.50. The number of fused-ring (bicyclic) bond motifs is 5. The first-order valence-corrected chi connectivity index (χ1v) is 17.4. The Kier molecular flexibility index (Phi) is 10.4. The molecule has 2 fully saturated rings. The number of carbonyl (C=O) groups is 3. The van der Waals surface area contributed by atoms with E-state index in [0.717, 1.165) is 49.7 Å². The van der Waals surface area contributed by atoms with Crippen LogP contribution < -0.4 is 9.47 Å². The number of aromatic nitrogens is 2. The molecule has 2 aromatic rings. The Bertz CT molecular complexity index is 1460. The molecule has 1 aromatic heterocycles. The molecule has 6 atom stereocenters. The van der Waals surface area contributed by atoms with Crippen molar-refractivity contribution in [3.05, 3.63) is 23.9 Å². The van der Waals surface area contributed by atoms with Gasteiger partial charge in [0, 0.05) is 12.0 Å². The van der Waals surface area contributed by atoms with Gasteiger partial charge in [-0.05, 0) is 76.3 Å². The number of ether oxygens (including phenoxy) is 4. The molecule has 2 aliphatic heterocycles. The maximum Gasteiger partial charge on any atom is 0.329 e. The van der Waals surface area contributed by atoms with Crippen LogP contribution in [0.25, 0.3) is 11.0 Å². The van der Waals surface area contributed by atoms with Gasteiger partial charge in [-0.25, -0.2) is 14.8 Å². The van der Waals surface area contributed by atoms with Crippen molar-refractivity contribution in [2.75, 3.05) is 13.7 Å². The van der Waals surface area contributed by atoms with Gasteiger partial charge in [-0.3, -0.25) is 9.59 Å². The van der Waals surface area contributed by atoms with E-state index in [1.165, 1.54) is 0 Å². The minimum Gasteiger partial charge on any atom is -0.497 e. The van der Waals surface area contributed by atoms with Crippen molar-refractivity contribution >= 4 is 28.9 Å². The maximum atomic E-state index is 14.6. The van der Waals surface area contributed by atoms with E-state index in [9.17, 15) is 14.4 Å². The average molecular weight is 652 g/mol. The summed E-state index contributed by atoms with van der Waals surface area (Å²) in [6.45, 7) is 13.6. The molecule has 47 heavy (non-hydrogen) atoms. The van der Waals surface area contributed by atoms with Crippen molar-refractivity contribution in [3.63, 3.8) is 0 Å². The van der Waals surface area contributed by atoms with Gasteiger partial charge in [-0.2, -0.15) is 0 Å². The third-order valence-electron chi connectivity index (χ3n) is 9.66. The number of rotatable bonds is 4. The van der Waals surface area contributed by atoms with E-state index in [0.29, 0.717) is 35.9 Å². The normalized spacial score (nSPS) is 27.5. The molecule has 0 radical (unpaired) electrons. The molecule has 0 spiro atoms. The van der Waals surface area contributed by atoms with E-state index in [1.807, 2.05) is 59.7 Å². The van der Waals surface area contributed by atoms with Crippen LogP contribution in [0.15, 0.2) is 18.2 Å². The van der Waals surface area contributed by atoms with Gasteiger partial charge in [0.1, 0.15) is 35.3 Å². The number of amides is 1. The summed E-state index contributed by atoms with van der Waals surface area (Å²) in [6, 6.07) is 4.75. The minimum atomic E-state index is -0.876. The first-order chi connectivity index (χ1) is 22.2. The van der Waals surface area contributed by atoms with Gasteiger partial charge in [-0.15, -0.1) is 0 Å². The summed E-state index contributed by atoms with van der Waals surface area (Å²) in [5.74, 6) is -0.674. The molecule has 5 rings (SSSR count). The molecule has 0 unspecified atom stereocenters. The SMILES string of the molecule is CCC[C@@H]1[C@@H]2CN(C(=O)[C@H](C(C)(C)C)CC(=O)O[C@@H]3C[C@H]3CCCCCc3nc4ccc(OC)cc4nc3O2)[C@@H]1C(=O)OC(C)(C)C. The highest BCUT2D eigenvalue weighted by atomic mass is 16.6. The number of aryl methyl sites for hydroxylation is 1. The van der Waals surface area contributed by atoms with E-state index in [2.05, 4.69) is 6.92 Å². The first kappa shape index (κ1) is 34.9. The van der Waals surface area contributed by atoms with Gasteiger partial charge in [0.2, 0.25) is 11.8 Å². The van der Waals surface area contributed by atoms with Crippen LogP contribution in [-0.2, 0) is 30.3 Å². The molecule has 3 heterocycles. The average Bonchev–Trinajstić information content (AvgIpc) is 3.62. The van der Waals surface area contributed by atoms with E-state index in [4.69, 9.17) is 28.9 Å². The van der Waals surface area contributed by atoms with E-state index < -0.39 is 35.0 Å². The third kappa shape index (κ3) is 8.36. The van der Waals surface area contributed by atoms with Crippen molar-refractivity contribution < 1.29 is 33.3 Å². The lowest BCUT2D eigenvalue weighted by molar-refractivity contribution is -0.167. The van der Waals surface area contributed by atoms with E-state index >= 15 is 0 Å². The van der Waals surface area contributed by atoms with Crippen molar-refractivity contribution in [1.82, 2.24) is 14.9 Å². The topological polar surface area (TPSA) is 117 Å². The van der Waals surface area contributed by atoms with Gasteiger partial charge in [0.15, 0.2) is 0 Å². The monoisotopic (exact) mass is 651 g/mol. The quantitative estimate of drug-likeness (QED) is 0.344. The lowest BCUT2D eigenvalue weighted by atomic mass is 9.77. The second kappa shape index (κ2) is 14.0. The summed E-state index contributed by atoms with van der Waals surface area (Å²) < 4.78 is 24.1. The number of nitrogens with zero attached hydrogens (tertiary/aromatic N) is 3. The molecule has 2 bridgehead atoms. The van der Waals surface area contributed by atoms with Crippen LogP contribution in [0.2, 0.25) is 0 Å². The fourth-order valence-corrected chi connectivity index (χ4v) is 7.04. The molecule has 258 valence electrons. The number of hydrogen-bond acceptors (Lipinski definition) is 9. The van der Waals surface area contributed by atoms with Gasteiger partial charge in [0.05, 0.1) is 37.0 Å². The molecule has 10 heteroatoms. The third-order valence-corrected chi connectivity index (χ3v) is 9.66. The second-order valence-corrected chi connectivity index (χ2v) is 15.7. The molecule has 1 saturated heterocycles. The van der Waals surface area contributed by atoms with Crippen LogP contribution in [0, 0.1) is 23.2 Å². The number of hydrogen-bond donors (Lipinski definition) is 0. The van der Waals surface area contributed by atoms with Crippen LogP contribution in [-0.4, -0.2) is 70.2 Å². The fourth-order valence-electron chi connectivity index (χ4n) is 7.04. The Morgan fingerprint density at radius 2 is 1.77 bits per heavy atom. The van der Waals surface area contributed by atoms with Crippen LogP contribution in [0.4, 0.5) is 0 Å². The Hall–Kier alpha value is -3.43. The predicted molar refractivity (Wildman–Crippen MR) is 178 cm³/mol. The van der Waals surface area contributed by atoms with Crippen molar-refractivity contribution in [2.24, 2.45) is 23.2 Å². The molecule has 1 aromatic carbocycles. The second-order valence-electron chi connectivity index (χ2n) is 15.7. The van der Waals surface area contributed by atoms with Gasteiger partial charge >= 0.3 is 11.9 Å². The van der Waals surface area contributed by atoms with Crippen LogP contribution in [0.5, 0.6) is 11.6 Å². The zero-order chi connectivity index (χ0) is 34.1. The van der Waals surface area contributed by atoms with E-state index in [-0.39, 0.29) is 36.9 Å². The predicted octanol–water partition coefficient (Wildman–Crippen LogP) is 6.46. The maximum absolute atomic E-state index is 14.6. The zero-order valence-electron chi connectivity index (χ0n) is 29.5. The summed E-state index contributed by atoms with van der Waals surface area (Å²) in [5.41, 5.74) is 0.859. The summed E-state index contributed by atoms with van der Waals surface area (Å²) in [7, 11) is 1.62. The van der Waals surface area contributed by atoms with Crippen LogP contribution >= 0.6 is 0 Å². The standard InChI is InChI=1S/C37H53N3O7/c1-9-13-24-30-21-40(32(24)35(43)47-37(5,6)7)34(42)25(36(2,3)4)20-31(41)45-29-18-22(29)14-11-10-12-15-27-33(46-30)39-28-19-23(44-8)16-17-26(28)38-27/h16-17,19,22,24-25,29-30,32H,9-15,18,20-21H2,1-8H3/t22-,24-,25-,29-,30+,32+/m1/s1. The molecular weight excluding hydrogens is 598 g/mol. The first-order valence-electron chi connectivity index (χ1n) is 17.4. The number of benzene rings is 1. The van der Waals surface area contributed by atoms with Crippen LogP contribution in [0.1, 0.15) is 106 Å². The Morgan fingerprint density at radius 3 is 2.45 bits per heavy atom. The highest BCUT2D eigenvalue weighted by molar-refractivity contribution is 5.90. The Labute approximate surface area is 279 Å². The molecule has 1 amide bonds. The summed E-state index contributed by atoms with van der Waals surface area (Å²) in [6.07, 6.45) is 6.24. The Balaban J connectivity index is 1.58. The molecule has 10 nitrogen and oxygen atoms in total. The number of esters is 2. The lowest BCUT2D eigenvalue weighted by Gasteiger charge is -2.35. The van der Waals surface area contributed by atoms with Gasteiger partial charge in [0.25, 0.3) is 0 Å². The molecule has 3 aliphatic rings. The smallest absolute Gasteiger partial charge is 0.329 e. The van der Waals surface area contributed by atoms with Crippen LogP contribution in [0.3, 0.4) is 0 Å². The van der Waals surface area contributed by atoms with Gasteiger partial charge in [-0.1, -0.05) is 47.0 Å². The van der Waals surface area contributed by atoms with Crippen molar-refractivity contribution in [2.45, 2.75) is 130 Å². The van der Waals surface area contributed by atoms with Crippen molar-refractivity contribution in [1.29, 1.82) is 0 Å². The highest BCUT2D eigenvalue weighted by Gasteiger charge is 2.53. The van der Waals surface area contributed by atoms with E-state index in [1.54, 1.807) is 12.0 Å². The minimum absolute atomic E-state index is 0.0464. The number of carbonyl (C=O) groups excluding carboxylic acids is 3. The summed E-state index contributed by atoms with van der Waals surface area (Å²) in [4.78, 5) is 53.4. The molecule has 1 aliphatic carbocycles.